The minimum atomic E-state index is -0.833. The molecule has 0 radical (unpaired) electrons. The molecule has 0 aromatic carbocycles. The highest BCUT2D eigenvalue weighted by Crippen LogP contribution is 2.46. The Kier molecular flexibility index (Phi) is 5.55. The smallest absolute Gasteiger partial charge is 0.325 e. The molecule has 2 aliphatic carbocycles. The van der Waals surface area contributed by atoms with Crippen molar-refractivity contribution in [3.05, 3.63) is 0 Å². The maximum atomic E-state index is 13.2. The van der Waals surface area contributed by atoms with Crippen molar-refractivity contribution in [3.8, 4) is 0 Å². The number of amides is 4. The number of hydrogen-bond acceptors (Lipinski definition) is 3. The summed E-state index contributed by atoms with van der Waals surface area (Å²) in [6.45, 7) is 8.91. The highest BCUT2D eigenvalue weighted by atomic mass is 16.2. The Morgan fingerprint density at radius 2 is 1.85 bits per heavy atom. The van der Waals surface area contributed by atoms with Crippen molar-refractivity contribution in [2.24, 2.45) is 11.3 Å². The molecule has 2 unspecified atom stereocenters. The van der Waals surface area contributed by atoms with E-state index in [2.05, 4.69) is 26.1 Å². The Morgan fingerprint density at radius 3 is 2.44 bits per heavy atom. The maximum absolute atomic E-state index is 13.2. The van der Waals surface area contributed by atoms with Gasteiger partial charge in [-0.15, -0.1) is 0 Å². The van der Waals surface area contributed by atoms with Crippen LogP contribution in [-0.2, 0) is 9.59 Å². The number of imide groups is 1. The molecule has 1 aliphatic heterocycles. The average molecular weight is 378 g/mol. The zero-order chi connectivity index (χ0) is 19.8. The molecular weight excluding hydrogens is 342 g/mol. The summed E-state index contributed by atoms with van der Waals surface area (Å²) in [6.07, 6.45) is 7.91. The second-order valence-corrected chi connectivity index (χ2v) is 9.73. The lowest BCUT2D eigenvalue weighted by Crippen LogP contribution is -2.54. The number of carbonyl (C=O) groups excluding carboxylic acids is 3. The van der Waals surface area contributed by atoms with E-state index in [-0.39, 0.29) is 29.8 Å². The molecule has 0 aromatic rings. The molecule has 2 saturated carbocycles. The molecule has 152 valence electrons. The van der Waals surface area contributed by atoms with E-state index >= 15 is 0 Å². The Labute approximate surface area is 163 Å². The van der Waals surface area contributed by atoms with Crippen molar-refractivity contribution in [1.82, 2.24) is 15.1 Å². The van der Waals surface area contributed by atoms with E-state index in [1.165, 1.54) is 11.3 Å². The third-order valence-electron chi connectivity index (χ3n) is 6.59. The topological polar surface area (TPSA) is 69.7 Å². The second-order valence-electron chi connectivity index (χ2n) is 9.73. The van der Waals surface area contributed by atoms with E-state index in [9.17, 15) is 14.4 Å². The van der Waals surface area contributed by atoms with Gasteiger partial charge < -0.3 is 10.2 Å². The molecule has 1 spiro atoms. The molecule has 6 nitrogen and oxygen atoms in total. The fourth-order valence-electron chi connectivity index (χ4n) is 5.91. The summed E-state index contributed by atoms with van der Waals surface area (Å²) in [4.78, 5) is 41.8. The van der Waals surface area contributed by atoms with Crippen LogP contribution in [0.4, 0.5) is 4.79 Å². The molecule has 3 fully saturated rings. The molecule has 0 bridgehead atoms. The van der Waals surface area contributed by atoms with E-state index in [0.717, 1.165) is 32.1 Å². The first kappa shape index (κ1) is 20.2. The first-order chi connectivity index (χ1) is 12.7. The molecule has 1 heterocycles. The van der Waals surface area contributed by atoms with Gasteiger partial charge in [0.05, 0.1) is 0 Å². The van der Waals surface area contributed by atoms with Gasteiger partial charge in [0.15, 0.2) is 0 Å². The van der Waals surface area contributed by atoms with Gasteiger partial charge in [-0.2, -0.15) is 0 Å². The van der Waals surface area contributed by atoms with Crippen molar-refractivity contribution in [1.29, 1.82) is 0 Å². The minimum Gasteiger partial charge on any atom is -0.338 e. The molecule has 27 heavy (non-hydrogen) atoms. The quantitative estimate of drug-likeness (QED) is 0.764. The van der Waals surface area contributed by atoms with Gasteiger partial charge >= 0.3 is 6.03 Å². The molecule has 1 N–H and O–H groups in total. The number of rotatable bonds is 4. The summed E-state index contributed by atoms with van der Waals surface area (Å²) in [7, 11) is 0. The lowest BCUT2D eigenvalue weighted by molar-refractivity contribution is -0.142. The van der Waals surface area contributed by atoms with Crippen LogP contribution in [0, 0.1) is 11.3 Å². The Bertz CT molecular complexity index is 612. The van der Waals surface area contributed by atoms with Crippen LogP contribution in [0.25, 0.3) is 0 Å². The van der Waals surface area contributed by atoms with Gasteiger partial charge in [0.2, 0.25) is 5.91 Å². The normalized spacial score (nSPS) is 31.3. The zero-order valence-corrected chi connectivity index (χ0v) is 17.3. The maximum Gasteiger partial charge on any atom is 0.325 e. The van der Waals surface area contributed by atoms with Gasteiger partial charge in [0.25, 0.3) is 5.91 Å². The summed E-state index contributed by atoms with van der Waals surface area (Å²) in [5.74, 6) is 0.0521. The van der Waals surface area contributed by atoms with Crippen molar-refractivity contribution in [2.45, 2.75) is 90.6 Å². The van der Waals surface area contributed by atoms with Crippen LogP contribution >= 0.6 is 0 Å². The predicted octanol–water partition coefficient (Wildman–Crippen LogP) is 3.30. The number of urea groups is 1. The van der Waals surface area contributed by atoms with Crippen LogP contribution in [-0.4, -0.2) is 52.3 Å². The fraction of sp³-hybridized carbons (Fsp3) is 0.857. The highest BCUT2D eigenvalue weighted by Gasteiger charge is 2.56. The van der Waals surface area contributed by atoms with E-state index in [4.69, 9.17) is 0 Å². The van der Waals surface area contributed by atoms with Crippen LogP contribution in [0.2, 0.25) is 0 Å². The van der Waals surface area contributed by atoms with Crippen LogP contribution < -0.4 is 5.32 Å². The van der Waals surface area contributed by atoms with Crippen molar-refractivity contribution in [2.75, 3.05) is 13.1 Å². The summed E-state index contributed by atoms with van der Waals surface area (Å²) in [5.41, 5.74) is -0.835. The van der Waals surface area contributed by atoms with Gasteiger partial charge in [-0.1, -0.05) is 40.0 Å². The Balaban J connectivity index is 1.72. The summed E-state index contributed by atoms with van der Waals surface area (Å²) in [6, 6.07) is -0.155. The first-order valence-corrected chi connectivity index (χ1v) is 10.6. The zero-order valence-electron chi connectivity index (χ0n) is 17.3. The summed E-state index contributed by atoms with van der Waals surface area (Å²) >= 11 is 0. The Morgan fingerprint density at radius 1 is 1.19 bits per heavy atom. The SMILES string of the molecule is CCN(C(=O)CN1C(=O)NC2(CC(C)CC(C)(C)C2)C1=O)C1CCCCC1. The van der Waals surface area contributed by atoms with E-state index in [1.54, 1.807) is 0 Å². The van der Waals surface area contributed by atoms with Gasteiger partial charge in [0.1, 0.15) is 12.1 Å². The van der Waals surface area contributed by atoms with Crippen molar-refractivity contribution >= 4 is 17.8 Å². The van der Waals surface area contributed by atoms with Crippen LogP contribution in [0.5, 0.6) is 0 Å². The van der Waals surface area contributed by atoms with Crippen LogP contribution in [0.15, 0.2) is 0 Å². The molecular formula is C21H35N3O3. The van der Waals surface area contributed by atoms with E-state index in [1.807, 2.05) is 11.8 Å². The largest absolute Gasteiger partial charge is 0.338 e. The second kappa shape index (κ2) is 7.44. The first-order valence-electron chi connectivity index (χ1n) is 10.6. The van der Waals surface area contributed by atoms with Crippen LogP contribution in [0.1, 0.15) is 79.1 Å². The predicted molar refractivity (Wildman–Crippen MR) is 104 cm³/mol. The number of carbonyl (C=O) groups is 3. The van der Waals surface area contributed by atoms with E-state index < -0.39 is 11.6 Å². The third-order valence-corrected chi connectivity index (χ3v) is 6.59. The molecule has 2 atom stereocenters. The summed E-state index contributed by atoms with van der Waals surface area (Å²) in [5, 5.41) is 2.96. The number of nitrogens with one attached hydrogen (secondary N) is 1. The van der Waals surface area contributed by atoms with Crippen LogP contribution in [0.3, 0.4) is 0 Å². The van der Waals surface area contributed by atoms with Gasteiger partial charge in [-0.25, -0.2) is 4.79 Å². The molecule has 0 aromatic heterocycles. The molecule has 4 amide bonds. The lowest BCUT2D eigenvalue weighted by atomic mass is 9.64. The lowest BCUT2D eigenvalue weighted by Gasteiger charge is -2.43. The monoisotopic (exact) mass is 377 g/mol. The molecule has 3 aliphatic rings. The highest BCUT2D eigenvalue weighted by molar-refractivity contribution is 6.09. The number of nitrogens with zero attached hydrogens (tertiary/aromatic N) is 2. The number of likely N-dealkylation sites (N-methyl/N-ethyl adjacent to an activating group) is 1. The molecule has 3 rings (SSSR count). The Hall–Kier alpha value is -1.59. The fourth-order valence-corrected chi connectivity index (χ4v) is 5.91. The molecule has 1 saturated heterocycles. The van der Waals surface area contributed by atoms with Crippen molar-refractivity contribution in [3.63, 3.8) is 0 Å². The number of hydrogen-bond donors (Lipinski definition) is 1. The molecule has 6 heteroatoms. The van der Waals surface area contributed by atoms with Crippen molar-refractivity contribution < 1.29 is 14.4 Å². The third kappa shape index (κ3) is 3.99. The van der Waals surface area contributed by atoms with Gasteiger partial charge in [-0.05, 0) is 50.4 Å². The minimum absolute atomic E-state index is 0.00181. The standard InChI is InChI=1S/C21H35N3O3/c1-5-23(16-9-7-6-8-10-16)17(25)13-24-18(26)21(22-19(24)27)12-15(2)11-20(3,4)14-21/h15-16H,5-14H2,1-4H3,(H,22,27). The summed E-state index contributed by atoms with van der Waals surface area (Å²) < 4.78 is 0. The van der Waals surface area contributed by atoms with Gasteiger partial charge in [0, 0.05) is 12.6 Å². The average Bonchev–Trinajstić information content (AvgIpc) is 2.78. The van der Waals surface area contributed by atoms with Gasteiger partial charge in [-0.3, -0.25) is 14.5 Å². The van der Waals surface area contributed by atoms with E-state index in [0.29, 0.717) is 25.3 Å².